The molecule has 3 heteroatoms. The van der Waals surface area contributed by atoms with Crippen molar-refractivity contribution in [3.05, 3.63) is 71.6 Å². The van der Waals surface area contributed by atoms with E-state index in [9.17, 15) is 5.11 Å². The number of aromatic nitrogens is 1. The quantitative estimate of drug-likeness (QED) is 0.694. The van der Waals surface area contributed by atoms with E-state index < -0.39 is 6.10 Å². The molecule has 0 radical (unpaired) electrons. The average Bonchev–Trinajstić information content (AvgIpc) is 2.63. The maximum atomic E-state index is 9.93. The first-order chi connectivity index (χ1) is 11.8. The lowest BCUT2D eigenvalue weighted by atomic mass is 10.1. The van der Waals surface area contributed by atoms with Gasteiger partial charge in [-0.15, -0.1) is 0 Å². The maximum Gasteiger partial charge on any atom is 0.0724 e. The van der Waals surface area contributed by atoms with Crippen LogP contribution >= 0.6 is 0 Å². The highest BCUT2D eigenvalue weighted by molar-refractivity contribution is 5.69. The van der Waals surface area contributed by atoms with Crippen molar-refractivity contribution >= 4 is 18.2 Å². The molecule has 1 atom stereocenters. The zero-order valence-corrected chi connectivity index (χ0v) is 14.1. The second-order valence-corrected chi connectivity index (χ2v) is 5.70. The van der Waals surface area contributed by atoms with E-state index in [0.717, 1.165) is 42.6 Å². The molecule has 0 fully saturated rings. The molecule has 1 N–H and O–H groups in total. The first-order valence-corrected chi connectivity index (χ1v) is 8.31. The van der Waals surface area contributed by atoms with Crippen molar-refractivity contribution in [2.75, 3.05) is 13.7 Å². The number of unbranched alkanes of at least 4 members (excludes halogenated alkanes) is 1. The molecule has 0 spiro atoms. The number of hydrogen-bond acceptors (Lipinski definition) is 3. The molecule has 2 aromatic rings. The van der Waals surface area contributed by atoms with Crippen LogP contribution in [0.25, 0.3) is 18.2 Å². The maximum absolute atomic E-state index is 9.93. The molecular weight excluding hydrogens is 298 g/mol. The van der Waals surface area contributed by atoms with Crippen molar-refractivity contribution in [2.24, 2.45) is 0 Å². The summed E-state index contributed by atoms with van der Waals surface area (Å²) in [7, 11) is 1.70. The second kappa shape index (κ2) is 10.5. The highest BCUT2D eigenvalue weighted by atomic mass is 16.5. The van der Waals surface area contributed by atoms with E-state index in [2.05, 4.69) is 35.3 Å². The predicted octanol–water partition coefficient (Wildman–Crippen LogP) is 4.44. The molecule has 0 saturated carbocycles. The Labute approximate surface area is 144 Å². The molecule has 2 rings (SSSR count). The Kier molecular flexibility index (Phi) is 7.94. The molecule has 0 aliphatic rings. The lowest BCUT2D eigenvalue weighted by Gasteiger charge is -2.05. The van der Waals surface area contributed by atoms with Crippen LogP contribution in [-0.2, 0) is 4.74 Å². The minimum Gasteiger partial charge on any atom is -0.389 e. The number of hydrogen-bond donors (Lipinski definition) is 1. The van der Waals surface area contributed by atoms with Crippen LogP contribution in [0.5, 0.6) is 0 Å². The van der Waals surface area contributed by atoms with Gasteiger partial charge in [-0.25, -0.2) is 0 Å². The molecule has 0 aliphatic heterocycles. The zero-order valence-electron chi connectivity index (χ0n) is 14.1. The number of aliphatic hydroxyl groups excluding tert-OH is 1. The standard InChI is InChI=1S/C21H25NO2/c1-24-16-3-2-6-21(23)14-13-19-9-7-18(8-10-19)11-12-20-5-4-15-22-17-20/h4-5,7-15,17,21,23H,2-3,6,16H2,1H3/b12-11+,14-13+. The summed E-state index contributed by atoms with van der Waals surface area (Å²) in [5, 5.41) is 9.93. The number of pyridine rings is 1. The summed E-state index contributed by atoms with van der Waals surface area (Å²) >= 11 is 0. The number of methoxy groups -OCH3 is 1. The van der Waals surface area contributed by atoms with Gasteiger partial charge in [0.2, 0.25) is 0 Å². The minimum atomic E-state index is -0.396. The van der Waals surface area contributed by atoms with Crippen molar-refractivity contribution in [3.63, 3.8) is 0 Å². The van der Waals surface area contributed by atoms with Gasteiger partial charge in [-0.3, -0.25) is 4.98 Å². The van der Waals surface area contributed by atoms with E-state index in [1.54, 1.807) is 13.3 Å². The van der Waals surface area contributed by atoms with Crippen LogP contribution in [0.4, 0.5) is 0 Å². The fourth-order valence-corrected chi connectivity index (χ4v) is 2.30. The first kappa shape index (κ1) is 18.1. The van der Waals surface area contributed by atoms with E-state index in [4.69, 9.17) is 4.74 Å². The predicted molar refractivity (Wildman–Crippen MR) is 100 cm³/mol. The van der Waals surface area contributed by atoms with Crippen LogP contribution in [0.15, 0.2) is 54.9 Å². The van der Waals surface area contributed by atoms with E-state index in [0.29, 0.717) is 0 Å². The van der Waals surface area contributed by atoms with E-state index >= 15 is 0 Å². The summed E-state index contributed by atoms with van der Waals surface area (Å²) in [6.07, 6.45) is 13.9. The van der Waals surface area contributed by atoms with Crippen LogP contribution < -0.4 is 0 Å². The Morgan fingerprint density at radius 3 is 2.38 bits per heavy atom. The van der Waals surface area contributed by atoms with E-state index in [-0.39, 0.29) is 0 Å². The van der Waals surface area contributed by atoms with Crippen LogP contribution in [0.2, 0.25) is 0 Å². The Morgan fingerprint density at radius 1 is 1.00 bits per heavy atom. The molecule has 24 heavy (non-hydrogen) atoms. The summed E-state index contributed by atoms with van der Waals surface area (Å²) in [6.45, 7) is 0.754. The van der Waals surface area contributed by atoms with Gasteiger partial charge < -0.3 is 9.84 Å². The third-order valence-electron chi connectivity index (χ3n) is 3.70. The lowest BCUT2D eigenvalue weighted by molar-refractivity contribution is 0.176. The van der Waals surface area contributed by atoms with Gasteiger partial charge >= 0.3 is 0 Å². The topological polar surface area (TPSA) is 42.4 Å². The lowest BCUT2D eigenvalue weighted by Crippen LogP contribution is -2.02. The highest BCUT2D eigenvalue weighted by Crippen LogP contribution is 2.11. The second-order valence-electron chi connectivity index (χ2n) is 5.70. The molecule has 1 unspecified atom stereocenters. The summed E-state index contributed by atoms with van der Waals surface area (Å²) < 4.78 is 5.00. The third-order valence-corrected chi connectivity index (χ3v) is 3.70. The van der Waals surface area contributed by atoms with Gasteiger partial charge in [0.1, 0.15) is 0 Å². The molecule has 0 saturated heterocycles. The largest absolute Gasteiger partial charge is 0.389 e. The Hall–Kier alpha value is -2.23. The Morgan fingerprint density at radius 2 is 1.71 bits per heavy atom. The fraction of sp³-hybridized carbons (Fsp3) is 0.286. The monoisotopic (exact) mass is 323 g/mol. The summed E-state index contributed by atoms with van der Waals surface area (Å²) in [5.74, 6) is 0. The van der Waals surface area contributed by atoms with Gasteiger partial charge in [0.25, 0.3) is 0 Å². The third kappa shape index (κ3) is 6.90. The van der Waals surface area contributed by atoms with Crippen LogP contribution in [-0.4, -0.2) is 29.9 Å². The molecule has 0 aliphatic carbocycles. The Bertz CT molecular complexity index is 633. The van der Waals surface area contributed by atoms with Gasteiger partial charge in [-0.05, 0) is 42.0 Å². The number of ether oxygens (including phenoxy) is 1. The van der Waals surface area contributed by atoms with Crippen LogP contribution in [0.3, 0.4) is 0 Å². The molecule has 1 aromatic carbocycles. The number of aliphatic hydroxyl groups is 1. The van der Waals surface area contributed by atoms with Gasteiger partial charge in [-0.2, -0.15) is 0 Å². The van der Waals surface area contributed by atoms with Gasteiger partial charge in [0.05, 0.1) is 6.10 Å². The van der Waals surface area contributed by atoms with Crippen LogP contribution in [0, 0.1) is 0 Å². The zero-order chi connectivity index (χ0) is 17.0. The number of rotatable bonds is 9. The summed E-state index contributed by atoms with van der Waals surface area (Å²) in [4.78, 5) is 4.09. The van der Waals surface area contributed by atoms with Crippen molar-refractivity contribution in [1.82, 2.24) is 4.98 Å². The van der Waals surface area contributed by atoms with Crippen molar-refractivity contribution < 1.29 is 9.84 Å². The minimum absolute atomic E-state index is 0.396. The SMILES string of the molecule is COCCCCC(O)/C=C/c1ccc(/C=C/c2cccnc2)cc1. The number of benzene rings is 1. The molecule has 1 aromatic heterocycles. The highest BCUT2D eigenvalue weighted by Gasteiger charge is 1.99. The van der Waals surface area contributed by atoms with E-state index in [1.807, 2.05) is 36.6 Å². The number of nitrogens with zero attached hydrogens (tertiary/aromatic N) is 1. The fourth-order valence-electron chi connectivity index (χ4n) is 2.30. The summed E-state index contributed by atoms with van der Waals surface area (Å²) in [5.41, 5.74) is 3.30. The first-order valence-electron chi connectivity index (χ1n) is 8.31. The smallest absolute Gasteiger partial charge is 0.0724 e. The van der Waals surface area contributed by atoms with Crippen molar-refractivity contribution in [1.29, 1.82) is 0 Å². The molecular formula is C21H25NO2. The average molecular weight is 323 g/mol. The molecule has 3 nitrogen and oxygen atoms in total. The van der Waals surface area contributed by atoms with E-state index in [1.165, 1.54) is 0 Å². The Balaban J connectivity index is 1.83. The normalized spacial score (nSPS) is 12.9. The van der Waals surface area contributed by atoms with Crippen LogP contribution in [0.1, 0.15) is 36.0 Å². The van der Waals surface area contributed by atoms with Gasteiger partial charge in [0.15, 0.2) is 0 Å². The summed E-state index contributed by atoms with van der Waals surface area (Å²) in [6, 6.07) is 12.2. The van der Waals surface area contributed by atoms with Gasteiger partial charge in [-0.1, -0.05) is 54.6 Å². The van der Waals surface area contributed by atoms with Crippen molar-refractivity contribution in [3.8, 4) is 0 Å². The van der Waals surface area contributed by atoms with Gasteiger partial charge in [0, 0.05) is 26.1 Å². The molecule has 126 valence electrons. The molecule has 0 amide bonds. The molecule has 0 bridgehead atoms. The van der Waals surface area contributed by atoms with Crippen molar-refractivity contribution in [2.45, 2.75) is 25.4 Å². The molecule has 1 heterocycles.